The lowest BCUT2D eigenvalue weighted by molar-refractivity contribution is -0.117. The van der Waals surface area contributed by atoms with Gasteiger partial charge in [0.2, 0.25) is 11.0 Å². The number of thiophene rings is 1. The Morgan fingerprint density at radius 1 is 1.27 bits per heavy atom. The number of carbonyl (C=O) groups excluding carboxylic acids is 1. The van der Waals surface area contributed by atoms with E-state index in [1.54, 1.807) is 23.2 Å². The summed E-state index contributed by atoms with van der Waals surface area (Å²) in [5.74, 6) is 0.953. The standard InChI is InChI=1S/C16H19N7OS2/c1-2-11-7-12-14(17-9-18-15(12)26-11)23-5-3-22(4-6-23)8-13(24)20-16-21-19-10-25-16/h7,9-10H,2-6,8H2,1H3,(H,20,21,24). The topological polar surface area (TPSA) is 87.1 Å². The fraction of sp³-hybridized carbons (Fsp3) is 0.438. The van der Waals surface area contributed by atoms with Gasteiger partial charge in [0, 0.05) is 31.1 Å². The van der Waals surface area contributed by atoms with Crippen molar-refractivity contribution in [2.45, 2.75) is 13.3 Å². The van der Waals surface area contributed by atoms with Gasteiger partial charge in [0.05, 0.1) is 11.9 Å². The van der Waals surface area contributed by atoms with Gasteiger partial charge in [-0.3, -0.25) is 15.0 Å². The van der Waals surface area contributed by atoms with Crippen molar-refractivity contribution in [2.75, 3.05) is 42.9 Å². The van der Waals surface area contributed by atoms with Gasteiger partial charge in [0.25, 0.3) is 0 Å². The molecule has 0 saturated carbocycles. The molecule has 1 amide bonds. The number of piperazine rings is 1. The zero-order chi connectivity index (χ0) is 17.9. The number of anilines is 2. The summed E-state index contributed by atoms with van der Waals surface area (Å²) in [6.07, 6.45) is 2.66. The van der Waals surface area contributed by atoms with E-state index in [0.29, 0.717) is 11.7 Å². The number of fused-ring (bicyclic) bond motifs is 1. The molecule has 26 heavy (non-hydrogen) atoms. The highest BCUT2D eigenvalue weighted by atomic mass is 32.1. The quantitative estimate of drug-likeness (QED) is 0.713. The zero-order valence-electron chi connectivity index (χ0n) is 14.4. The van der Waals surface area contributed by atoms with Crippen LogP contribution in [0.1, 0.15) is 11.8 Å². The van der Waals surface area contributed by atoms with Gasteiger partial charge in [-0.2, -0.15) is 0 Å². The molecular formula is C16H19N7OS2. The maximum absolute atomic E-state index is 12.1. The molecule has 3 aromatic rings. The molecule has 1 aliphatic rings. The third-order valence-electron chi connectivity index (χ3n) is 4.35. The highest BCUT2D eigenvalue weighted by Crippen LogP contribution is 2.30. The Hall–Kier alpha value is -2.17. The van der Waals surface area contributed by atoms with Crippen LogP contribution in [-0.4, -0.2) is 63.7 Å². The van der Waals surface area contributed by atoms with E-state index in [1.807, 2.05) is 0 Å². The van der Waals surface area contributed by atoms with Gasteiger partial charge in [-0.05, 0) is 12.5 Å². The van der Waals surface area contributed by atoms with E-state index in [0.717, 1.165) is 48.6 Å². The predicted molar refractivity (Wildman–Crippen MR) is 104 cm³/mol. The lowest BCUT2D eigenvalue weighted by Crippen LogP contribution is -2.49. The Labute approximate surface area is 158 Å². The Kier molecular flexibility index (Phi) is 5.05. The van der Waals surface area contributed by atoms with Crippen LogP contribution in [0.5, 0.6) is 0 Å². The second kappa shape index (κ2) is 7.60. The van der Waals surface area contributed by atoms with Gasteiger partial charge in [0.1, 0.15) is 22.5 Å². The normalized spacial score (nSPS) is 15.5. The van der Waals surface area contributed by atoms with Crippen LogP contribution in [0.3, 0.4) is 0 Å². The van der Waals surface area contributed by atoms with E-state index in [2.05, 4.69) is 48.3 Å². The van der Waals surface area contributed by atoms with Gasteiger partial charge < -0.3 is 4.90 Å². The van der Waals surface area contributed by atoms with Crippen molar-refractivity contribution in [3.8, 4) is 0 Å². The van der Waals surface area contributed by atoms with Gasteiger partial charge in [-0.25, -0.2) is 9.97 Å². The molecule has 0 aliphatic carbocycles. The Balaban J connectivity index is 1.38. The summed E-state index contributed by atoms with van der Waals surface area (Å²) < 4.78 is 0. The summed E-state index contributed by atoms with van der Waals surface area (Å²) in [5.41, 5.74) is 1.60. The molecule has 0 spiro atoms. The third-order valence-corrected chi connectivity index (χ3v) is 6.15. The maximum Gasteiger partial charge on any atom is 0.240 e. The van der Waals surface area contributed by atoms with Crippen LogP contribution in [0.4, 0.5) is 10.9 Å². The van der Waals surface area contributed by atoms with E-state index in [-0.39, 0.29) is 5.91 Å². The van der Waals surface area contributed by atoms with Crippen LogP contribution >= 0.6 is 22.7 Å². The lowest BCUT2D eigenvalue weighted by atomic mass is 10.2. The Bertz CT molecular complexity index is 887. The molecule has 0 unspecified atom stereocenters. The minimum absolute atomic E-state index is 0.0509. The number of nitrogens with zero attached hydrogens (tertiary/aromatic N) is 6. The predicted octanol–water partition coefficient (Wildman–Crippen LogP) is 1.87. The Morgan fingerprint density at radius 2 is 2.12 bits per heavy atom. The lowest BCUT2D eigenvalue weighted by Gasteiger charge is -2.35. The fourth-order valence-electron chi connectivity index (χ4n) is 3.03. The molecule has 3 aromatic heterocycles. The molecule has 0 radical (unpaired) electrons. The molecule has 4 heterocycles. The molecule has 0 atom stereocenters. The summed E-state index contributed by atoms with van der Waals surface area (Å²) in [7, 11) is 0. The first-order chi connectivity index (χ1) is 12.7. The largest absolute Gasteiger partial charge is 0.353 e. The van der Waals surface area contributed by atoms with Crippen molar-refractivity contribution in [2.24, 2.45) is 0 Å². The van der Waals surface area contributed by atoms with Crippen LogP contribution in [0.15, 0.2) is 17.9 Å². The number of aromatic nitrogens is 4. The number of hydrogen-bond donors (Lipinski definition) is 1. The molecule has 1 saturated heterocycles. The number of aryl methyl sites for hydroxylation is 1. The molecule has 4 rings (SSSR count). The van der Waals surface area contributed by atoms with E-state index in [4.69, 9.17) is 0 Å². The second-order valence-electron chi connectivity index (χ2n) is 6.04. The summed E-state index contributed by atoms with van der Waals surface area (Å²) in [6, 6.07) is 2.21. The van der Waals surface area contributed by atoms with Gasteiger partial charge in [0.15, 0.2) is 0 Å². The van der Waals surface area contributed by atoms with Crippen LogP contribution in [0.2, 0.25) is 0 Å². The smallest absolute Gasteiger partial charge is 0.240 e. The van der Waals surface area contributed by atoms with Gasteiger partial charge >= 0.3 is 0 Å². The number of hydrogen-bond acceptors (Lipinski definition) is 9. The molecule has 1 N–H and O–H groups in total. The monoisotopic (exact) mass is 389 g/mol. The van der Waals surface area contributed by atoms with Crippen LogP contribution in [0.25, 0.3) is 10.2 Å². The first kappa shape index (κ1) is 17.3. The molecule has 1 aliphatic heterocycles. The molecule has 10 heteroatoms. The molecular weight excluding hydrogens is 370 g/mol. The maximum atomic E-state index is 12.1. The minimum Gasteiger partial charge on any atom is -0.353 e. The molecule has 8 nitrogen and oxygen atoms in total. The highest BCUT2D eigenvalue weighted by molar-refractivity contribution is 7.18. The van der Waals surface area contributed by atoms with Crippen molar-refractivity contribution >= 4 is 49.7 Å². The van der Waals surface area contributed by atoms with E-state index < -0.39 is 0 Å². The van der Waals surface area contributed by atoms with Crippen LogP contribution < -0.4 is 10.2 Å². The fourth-order valence-corrected chi connectivity index (χ4v) is 4.42. The number of carbonyl (C=O) groups is 1. The van der Waals surface area contributed by atoms with Gasteiger partial charge in [-0.15, -0.1) is 21.5 Å². The van der Waals surface area contributed by atoms with Crippen molar-refractivity contribution in [3.05, 3.63) is 22.8 Å². The van der Waals surface area contributed by atoms with Crippen molar-refractivity contribution in [1.29, 1.82) is 0 Å². The number of amides is 1. The summed E-state index contributed by atoms with van der Waals surface area (Å²) in [4.78, 5) is 27.8. The third kappa shape index (κ3) is 3.67. The summed E-state index contributed by atoms with van der Waals surface area (Å²) >= 11 is 3.06. The summed E-state index contributed by atoms with van der Waals surface area (Å²) in [5, 5.41) is 12.0. The van der Waals surface area contributed by atoms with Crippen molar-refractivity contribution in [1.82, 2.24) is 25.1 Å². The van der Waals surface area contributed by atoms with Crippen molar-refractivity contribution in [3.63, 3.8) is 0 Å². The number of nitrogens with one attached hydrogen (secondary N) is 1. The van der Waals surface area contributed by atoms with E-state index >= 15 is 0 Å². The second-order valence-corrected chi connectivity index (χ2v) is 7.99. The molecule has 136 valence electrons. The average molecular weight is 390 g/mol. The minimum atomic E-state index is -0.0509. The molecule has 0 aromatic carbocycles. The van der Waals surface area contributed by atoms with Crippen molar-refractivity contribution < 1.29 is 4.79 Å². The average Bonchev–Trinajstić information content (AvgIpc) is 3.31. The number of rotatable bonds is 5. The van der Waals surface area contributed by atoms with E-state index in [1.165, 1.54) is 16.2 Å². The van der Waals surface area contributed by atoms with E-state index in [9.17, 15) is 4.79 Å². The molecule has 0 bridgehead atoms. The first-order valence-electron chi connectivity index (χ1n) is 8.49. The summed E-state index contributed by atoms with van der Waals surface area (Å²) in [6.45, 7) is 5.85. The zero-order valence-corrected chi connectivity index (χ0v) is 16.0. The highest BCUT2D eigenvalue weighted by Gasteiger charge is 2.22. The molecule has 1 fully saturated rings. The van der Waals surface area contributed by atoms with Gasteiger partial charge in [-0.1, -0.05) is 18.3 Å². The SMILES string of the molecule is CCc1cc2c(N3CCN(CC(=O)Nc4nncs4)CC3)ncnc2s1. The first-order valence-corrected chi connectivity index (χ1v) is 10.2. The Morgan fingerprint density at radius 3 is 2.85 bits per heavy atom. The van der Waals surface area contributed by atoms with Crippen LogP contribution in [-0.2, 0) is 11.2 Å². The van der Waals surface area contributed by atoms with Crippen LogP contribution in [0, 0.1) is 0 Å².